The number of carbonyl (C=O) groups excluding carboxylic acids is 1. The third kappa shape index (κ3) is 2.22. The largest absolute Gasteiger partial charge is 0.497 e. The molecule has 0 amide bonds. The summed E-state index contributed by atoms with van der Waals surface area (Å²) in [6, 6.07) is 5.45. The lowest BCUT2D eigenvalue weighted by atomic mass is 10.1. The van der Waals surface area contributed by atoms with E-state index >= 15 is 0 Å². The van der Waals surface area contributed by atoms with Gasteiger partial charge in [0.2, 0.25) is 0 Å². The number of hydrogen-bond donors (Lipinski definition) is 2. The summed E-state index contributed by atoms with van der Waals surface area (Å²) in [6.07, 6.45) is 0. The molecule has 0 unspecified atom stereocenters. The quantitative estimate of drug-likeness (QED) is 0.840. The average molecular weight is 274 g/mol. The van der Waals surface area contributed by atoms with Gasteiger partial charge in [-0.1, -0.05) is 0 Å². The summed E-state index contributed by atoms with van der Waals surface area (Å²) in [5.74, 6) is 1.27. The number of nitrogens with one attached hydrogen (secondary N) is 1. The van der Waals surface area contributed by atoms with E-state index in [9.17, 15) is 4.79 Å². The predicted octanol–water partition coefficient (Wildman–Crippen LogP) is 2.79. The Hall–Kier alpha value is -2.43. The number of methoxy groups -OCH3 is 2. The van der Waals surface area contributed by atoms with Gasteiger partial charge in [-0.15, -0.1) is 0 Å². The minimum absolute atomic E-state index is 0.0602. The molecule has 106 valence electrons. The maximum absolute atomic E-state index is 11.6. The molecule has 0 radical (unpaired) electrons. The highest BCUT2D eigenvalue weighted by molar-refractivity contribution is 6.04. The van der Waals surface area contributed by atoms with Crippen LogP contribution in [0.1, 0.15) is 23.0 Å². The molecule has 0 aliphatic rings. The first kappa shape index (κ1) is 14.0. The van der Waals surface area contributed by atoms with Gasteiger partial charge in [0.15, 0.2) is 5.78 Å². The van der Waals surface area contributed by atoms with Crippen LogP contribution in [0.2, 0.25) is 0 Å². The van der Waals surface area contributed by atoms with Gasteiger partial charge in [0.05, 0.1) is 31.2 Å². The van der Waals surface area contributed by atoms with E-state index < -0.39 is 0 Å². The van der Waals surface area contributed by atoms with Gasteiger partial charge in [-0.3, -0.25) is 4.79 Å². The zero-order valence-corrected chi connectivity index (χ0v) is 12.0. The molecule has 5 nitrogen and oxygen atoms in total. The molecule has 2 rings (SSSR count). The maximum Gasteiger partial charge on any atom is 0.163 e. The Morgan fingerprint density at radius 3 is 2.45 bits per heavy atom. The number of aryl methyl sites for hydroxylation is 1. The number of anilines is 1. The van der Waals surface area contributed by atoms with Crippen LogP contribution in [0.4, 0.5) is 5.69 Å². The van der Waals surface area contributed by atoms with Crippen molar-refractivity contribution in [2.75, 3.05) is 20.0 Å². The molecule has 1 heterocycles. The van der Waals surface area contributed by atoms with Crippen LogP contribution in [-0.2, 0) is 0 Å². The van der Waals surface area contributed by atoms with Crippen LogP contribution in [0, 0.1) is 6.92 Å². The third-order valence-electron chi connectivity index (χ3n) is 3.26. The van der Waals surface area contributed by atoms with E-state index in [0.29, 0.717) is 28.4 Å². The first-order valence-corrected chi connectivity index (χ1v) is 6.21. The molecule has 2 aromatic rings. The number of aromatic amines is 1. The van der Waals surface area contributed by atoms with E-state index in [4.69, 9.17) is 15.2 Å². The molecule has 0 aliphatic heterocycles. The average Bonchev–Trinajstić information content (AvgIpc) is 2.73. The fourth-order valence-electron chi connectivity index (χ4n) is 2.32. The summed E-state index contributed by atoms with van der Waals surface area (Å²) < 4.78 is 10.5. The lowest BCUT2D eigenvalue weighted by Gasteiger charge is -2.10. The molecule has 0 atom stereocenters. The number of Topliss-reactive ketones (excluding diaryl/α,β-unsaturated/α-hetero) is 1. The normalized spacial score (nSPS) is 10.4. The van der Waals surface area contributed by atoms with Crippen molar-refractivity contribution in [1.29, 1.82) is 0 Å². The number of H-pyrrole nitrogens is 1. The number of ether oxygens (including phenoxy) is 2. The number of ketones is 1. The Morgan fingerprint density at radius 1 is 1.25 bits per heavy atom. The lowest BCUT2D eigenvalue weighted by molar-refractivity contribution is 0.101. The summed E-state index contributed by atoms with van der Waals surface area (Å²) in [5.41, 5.74) is 9.29. The van der Waals surface area contributed by atoms with Crippen LogP contribution in [0.3, 0.4) is 0 Å². The standard InChI is InChI=1S/C15H18N2O3/c1-8-13(9(2)18)14(16)15(17-8)11-6-5-10(19-3)7-12(11)20-4/h5-7,17H,16H2,1-4H3. The molecule has 20 heavy (non-hydrogen) atoms. The molecular weight excluding hydrogens is 256 g/mol. The van der Waals surface area contributed by atoms with Crippen LogP contribution >= 0.6 is 0 Å². The summed E-state index contributed by atoms with van der Waals surface area (Å²) in [5, 5.41) is 0. The maximum atomic E-state index is 11.6. The van der Waals surface area contributed by atoms with E-state index in [-0.39, 0.29) is 5.78 Å². The molecule has 0 aliphatic carbocycles. The van der Waals surface area contributed by atoms with Crippen molar-refractivity contribution >= 4 is 11.5 Å². The van der Waals surface area contributed by atoms with Crippen molar-refractivity contribution < 1.29 is 14.3 Å². The Kier molecular flexibility index (Phi) is 3.70. The molecule has 1 aromatic heterocycles. The van der Waals surface area contributed by atoms with Gasteiger partial charge < -0.3 is 20.2 Å². The van der Waals surface area contributed by atoms with Gasteiger partial charge in [0.25, 0.3) is 0 Å². The van der Waals surface area contributed by atoms with Crippen molar-refractivity contribution in [3.63, 3.8) is 0 Å². The topological polar surface area (TPSA) is 77.3 Å². The highest BCUT2D eigenvalue weighted by atomic mass is 16.5. The van der Waals surface area contributed by atoms with E-state index in [1.807, 2.05) is 19.1 Å². The summed E-state index contributed by atoms with van der Waals surface area (Å²) in [7, 11) is 3.17. The zero-order valence-electron chi connectivity index (χ0n) is 12.0. The van der Waals surface area contributed by atoms with Crippen LogP contribution in [0.15, 0.2) is 18.2 Å². The number of hydrogen-bond acceptors (Lipinski definition) is 4. The summed E-state index contributed by atoms with van der Waals surface area (Å²) in [4.78, 5) is 14.8. The van der Waals surface area contributed by atoms with E-state index in [0.717, 1.165) is 11.3 Å². The van der Waals surface area contributed by atoms with Crippen LogP contribution < -0.4 is 15.2 Å². The van der Waals surface area contributed by atoms with Crippen LogP contribution in [0.5, 0.6) is 11.5 Å². The second kappa shape index (κ2) is 5.28. The molecule has 0 fully saturated rings. The number of nitrogen functional groups attached to an aromatic ring is 1. The van der Waals surface area contributed by atoms with E-state index in [2.05, 4.69) is 4.98 Å². The van der Waals surface area contributed by atoms with Crippen LogP contribution in [0.25, 0.3) is 11.3 Å². The van der Waals surface area contributed by atoms with E-state index in [1.165, 1.54) is 6.92 Å². The number of rotatable bonds is 4. The zero-order chi connectivity index (χ0) is 14.9. The molecule has 5 heteroatoms. The van der Waals surface area contributed by atoms with Crippen molar-refractivity contribution in [2.24, 2.45) is 0 Å². The summed E-state index contributed by atoms with van der Waals surface area (Å²) in [6.45, 7) is 3.33. The highest BCUT2D eigenvalue weighted by Gasteiger charge is 2.19. The smallest absolute Gasteiger partial charge is 0.163 e. The molecule has 0 saturated carbocycles. The Morgan fingerprint density at radius 2 is 1.95 bits per heavy atom. The van der Waals surface area contributed by atoms with Crippen molar-refractivity contribution in [1.82, 2.24) is 4.98 Å². The van der Waals surface area contributed by atoms with Gasteiger partial charge in [0.1, 0.15) is 11.5 Å². The second-order valence-electron chi connectivity index (χ2n) is 4.54. The Balaban J connectivity index is 2.63. The molecule has 0 saturated heterocycles. The van der Waals surface area contributed by atoms with Crippen molar-refractivity contribution in [3.8, 4) is 22.8 Å². The number of benzene rings is 1. The van der Waals surface area contributed by atoms with Crippen LogP contribution in [-0.4, -0.2) is 25.0 Å². The van der Waals surface area contributed by atoms with Gasteiger partial charge >= 0.3 is 0 Å². The SMILES string of the molecule is COc1ccc(-c2[nH]c(C)c(C(C)=O)c2N)c(OC)c1. The van der Waals surface area contributed by atoms with Gasteiger partial charge in [0, 0.05) is 17.3 Å². The minimum Gasteiger partial charge on any atom is -0.497 e. The number of nitrogens with two attached hydrogens (primary N) is 1. The molecule has 0 spiro atoms. The lowest BCUT2D eigenvalue weighted by Crippen LogP contribution is -1.98. The first-order valence-electron chi connectivity index (χ1n) is 6.21. The monoisotopic (exact) mass is 274 g/mol. The fraction of sp³-hybridized carbons (Fsp3) is 0.267. The summed E-state index contributed by atoms with van der Waals surface area (Å²) >= 11 is 0. The predicted molar refractivity (Wildman–Crippen MR) is 78.5 cm³/mol. The van der Waals surface area contributed by atoms with Crippen molar-refractivity contribution in [2.45, 2.75) is 13.8 Å². The second-order valence-corrected chi connectivity index (χ2v) is 4.54. The Bertz CT molecular complexity index is 659. The first-order chi connectivity index (χ1) is 9.49. The highest BCUT2D eigenvalue weighted by Crippen LogP contribution is 2.38. The number of carbonyl (C=O) groups is 1. The molecule has 3 N–H and O–H groups in total. The van der Waals surface area contributed by atoms with Gasteiger partial charge in [-0.05, 0) is 26.0 Å². The molecule has 0 bridgehead atoms. The minimum atomic E-state index is -0.0602. The van der Waals surface area contributed by atoms with E-state index in [1.54, 1.807) is 20.3 Å². The molecular formula is C15H18N2O3. The van der Waals surface area contributed by atoms with Gasteiger partial charge in [-0.25, -0.2) is 0 Å². The van der Waals surface area contributed by atoms with Crippen molar-refractivity contribution in [3.05, 3.63) is 29.5 Å². The number of aromatic nitrogens is 1. The third-order valence-corrected chi connectivity index (χ3v) is 3.26. The Labute approximate surface area is 117 Å². The molecule has 1 aromatic carbocycles. The van der Waals surface area contributed by atoms with Gasteiger partial charge in [-0.2, -0.15) is 0 Å². The fourth-order valence-corrected chi connectivity index (χ4v) is 2.32.